The molecule has 0 bridgehead atoms. The van der Waals surface area contributed by atoms with E-state index in [0.717, 1.165) is 22.5 Å². The molecule has 1 atom stereocenters. The van der Waals surface area contributed by atoms with E-state index in [1.165, 1.54) is 0 Å². The summed E-state index contributed by atoms with van der Waals surface area (Å²) >= 11 is 0. The predicted octanol–water partition coefficient (Wildman–Crippen LogP) is 2.80. The van der Waals surface area contributed by atoms with E-state index in [9.17, 15) is 5.11 Å². The summed E-state index contributed by atoms with van der Waals surface area (Å²) in [4.78, 5) is 4.32. The molecule has 106 valence electrons. The number of aromatic nitrogens is 1. The second-order valence-electron chi connectivity index (χ2n) is 4.73. The van der Waals surface area contributed by atoms with Gasteiger partial charge in [0.05, 0.1) is 14.2 Å². The number of nitrogens with zero attached hydrogens (tertiary/aromatic N) is 1. The van der Waals surface area contributed by atoms with Gasteiger partial charge in [0.15, 0.2) is 0 Å². The molecule has 1 heterocycles. The first-order chi connectivity index (χ1) is 9.53. The quantitative estimate of drug-likeness (QED) is 0.930. The Morgan fingerprint density at radius 1 is 0.850 bits per heavy atom. The largest absolute Gasteiger partial charge is 0.497 e. The van der Waals surface area contributed by atoms with Crippen LogP contribution in [0.15, 0.2) is 30.3 Å². The summed E-state index contributed by atoms with van der Waals surface area (Å²) in [6.07, 6.45) is -0.737. The normalized spacial score (nSPS) is 12.1. The van der Waals surface area contributed by atoms with Gasteiger partial charge in [0.1, 0.15) is 17.6 Å². The van der Waals surface area contributed by atoms with Gasteiger partial charge in [0.25, 0.3) is 0 Å². The molecular weight excluding hydrogens is 254 g/mol. The van der Waals surface area contributed by atoms with Crippen molar-refractivity contribution in [3.8, 4) is 11.5 Å². The maximum absolute atomic E-state index is 10.5. The second-order valence-corrected chi connectivity index (χ2v) is 4.73. The average molecular weight is 273 g/mol. The monoisotopic (exact) mass is 273 g/mol. The highest BCUT2D eigenvalue weighted by molar-refractivity contribution is 5.42. The fraction of sp³-hybridized carbons (Fsp3) is 0.312. The van der Waals surface area contributed by atoms with Gasteiger partial charge in [-0.15, -0.1) is 0 Å². The zero-order valence-corrected chi connectivity index (χ0v) is 12.2. The van der Waals surface area contributed by atoms with E-state index in [1.54, 1.807) is 32.4 Å². The molecule has 0 aliphatic rings. The summed E-state index contributed by atoms with van der Waals surface area (Å²) in [7, 11) is 3.18. The topological polar surface area (TPSA) is 51.6 Å². The van der Waals surface area contributed by atoms with Crippen molar-refractivity contribution in [2.24, 2.45) is 0 Å². The first kappa shape index (κ1) is 14.3. The minimum atomic E-state index is -0.737. The third-order valence-corrected chi connectivity index (χ3v) is 3.11. The minimum absolute atomic E-state index is 0.654. The van der Waals surface area contributed by atoms with Crippen molar-refractivity contribution in [3.05, 3.63) is 52.8 Å². The standard InChI is InChI=1S/C16H19NO3/c1-10-5-12(6-11(2)17-10)16(18)13-7-14(19-3)9-15(8-13)20-4/h5-9,16,18H,1-4H3. The number of pyridine rings is 1. The van der Waals surface area contributed by atoms with Gasteiger partial charge in [-0.05, 0) is 49.2 Å². The third kappa shape index (κ3) is 3.08. The third-order valence-electron chi connectivity index (χ3n) is 3.11. The molecule has 1 N–H and O–H groups in total. The van der Waals surface area contributed by atoms with Crippen LogP contribution in [0, 0.1) is 13.8 Å². The van der Waals surface area contributed by atoms with Crippen LogP contribution in [0.1, 0.15) is 28.6 Å². The lowest BCUT2D eigenvalue weighted by Gasteiger charge is -2.15. The van der Waals surface area contributed by atoms with Crippen molar-refractivity contribution in [2.45, 2.75) is 20.0 Å². The van der Waals surface area contributed by atoms with E-state index >= 15 is 0 Å². The zero-order valence-electron chi connectivity index (χ0n) is 12.2. The van der Waals surface area contributed by atoms with Gasteiger partial charge < -0.3 is 14.6 Å². The van der Waals surface area contributed by atoms with Crippen LogP contribution in [0.3, 0.4) is 0 Å². The number of aryl methyl sites for hydroxylation is 2. The highest BCUT2D eigenvalue weighted by Crippen LogP contribution is 2.30. The molecule has 0 aliphatic carbocycles. The second kappa shape index (κ2) is 5.92. The Hall–Kier alpha value is -2.07. The van der Waals surface area contributed by atoms with Crippen molar-refractivity contribution in [1.82, 2.24) is 4.98 Å². The van der Waals surface area contributed by atoms with Gasteiger partial charge in [-0.1, -0.05) is 0 Å². The Morgan fingerprint density at radius 3 is 1.75 bits per heavy atom. The molecule has 0 spiro atoms. The molecule has 2 rings (SSSR count). The van der Waals surface area contributed by atoms with Crippen molar-refractivity contribution in [2.75, 3.05) is 14.2 Å². The van der Waals surface area contributed by atoms with Crippen LogP contribution in [0.4, 0.5) is 0 Å². The number of benzene rings is 1. The number of methoxy groups -OCH3 is 2. The van der Waals surface area contributed by atoms with Gasteiger partial charge in [0.2, 0.25) is 0 Å². The first-order valence-corrected chi connectivity index (χ1v) is 6.39. The lowest BCUT2D eigenvalue weighted by atomic mass is 10.0. The number of aliphatic hydroxyl groups is 1. The molecule has 0 aliphatic heterocycles. The predicted molar refractivity (Wildman–Crippen MR) is 77.3 cm³/mol. The summed E-state index contributed by atoms with van der Waals surface area (Å²) in [5, 5.41) is 10.5. The molecule has 1 unspecified atom stereocenters. The Balaban J connectivity index is 2.43. The molecular formula is C16H19NO3. The highest BCUT2D eigenvalue weighted by Gasteiger charge is 2.14. The van der Waals surface area contributed by atoms with E-state index in [1.807, 2.05) is 26.0 Å². The number of hydrogen-bond donors (Lipinski definition) is 1. The van der Waals surface area contributed by atoms with Gasteiger partial charge in [-0.2, -0.15) is 0 Å². The molecule has 0 radical (unpaired) electrons. The molecule has 4 nitrogen and oxygen atoms in total. The van der Waals surface area contributed by atoms with Gasteiger partial charge >= 0.3 is 0 Å². The van der Waals surface area contributed by atoms with Gasteiger partial charge in [0, 0.05) is 17.5 Å². The van der Waals surface area contributed by atoms with Crippen LogP contribution >= 0.6 is 0 Å². The lowest BCUT2D eigenvalue weighted by molar-refractivity contribution is 0.219. The van der Waals surface area contributed by atoms with Crippen molar-refractivity contribution in [3.63, 3.8) is 0 Å². The summed E-state index contributed by atoms with van der Waals surface area (Å²) in [5.41, 5.74) is 3.30. The van der Waals surface area contributed by atoms with Crippen LogP contribution in [-0.4, -0.2) is 24.3 Å². The van der Waals surface area contributed by atoms with E-state index < -0.39 is 6.10 Å². The van der Waals surface area contributed by atoms with E-state index in [4.69, 9.17) is 9.47 Å². The molecule has 0 saturated carbocycles. The Morgan fingerprint density at radius 2 is 1.30 bits per heavy atom. The maximum Gasteiger partial charge on any atom is 0.122 e. The molecule has 20 heavy (non-hydrogen) atoms. The van der Waals surface area contributed by atoms with Crippen molar-refractivity contribution >= 4 is 0 Å². The number of aliphatic hydroxyl groups excluding tert-OH is 1. The fourth-order valence-electron chi connectivity index (χ4n) is 2.20. The molecule has 0 fully saturated rings. The van der Waals surface area contributed by atoms with E-state index in [2.05, 4.69) is 4.98 Å². The zero-order chi connectivity index (χ0) is 14.7. The van der Waals surface area contributed by atoms with Crippen LogP contribution in [0.2, 0.25) is 0 Å². The number of ether oxygens (including phenoxy) is 2. The number of hydrogen-bond acceptors (Lipinski definition) is 4. The Bertz CT molecular complexity index is 568. The summed E-state index contributed by atoms with van der Waals surface area (Å²) in [6.45, 7) is 3.82. The molecule has 4 heteroatoms. The molecule has 0 amide bonds. The maximum atomic E-state index is 10.5. The SMILES string of the molecule is COc1cc(OC)cc(C(O)c2cc(C)nc(C)c2)c1. The smallest absolute Gasteiger partial charge is 0.122 e. The van der Waals surface area contributed by atoms with E-state index in [-0.39, 0.29) is 0 Å². The molecule has 1 aromatic heterocycles. The van der Waals surface area contributed by atoms with Crippen LogP contribution in [0.5, 0.6) is 11.5 Å². The van der Waals surface area contributed by atoms with Gasteiger partial charge in [-0.25, -0.2) is 0 Å². The van der Waals surface area contributed by atoms with Crippen LogP contribution in [-0.2, 0) is 0 Å². The molecule has 2 aromatic rings. The van der Waals surface area contributed by atoms with Crippen LogP contribution < -0.4 is 9.47 Å². The van der Waals surface area contributed by atoms with Gasteiger partial charge in [-0.3, -0.25) is 4.98 Å². The highest BCUT2D eigenvalue weighted by atomic mass is 16.5. The lowest BCUT2D eigenvalue weighted by Crippen LogP contribution is -2.03. The summed E-state index contributed by atoms with van der Waals surface area (Å²) in [5.74, 6) is 1.31. The molecule has 1 aromatic carbocycles. The fourth-order valence-corrected chi connectivity index (χ4v) is 2.20. The summed E-state index contributed by atoms with van der Waals surface area (Å²) < 4.78 is 10.5. The van der Waals surface area contributed by atoms with Crippen molar-refractivity contribution < 1.29 is 14.6 Å². The first-order valence-electron chi connectivity index (χ1n) is 6.39. The van der Waals surface area contributed by atoms with E-state index in [0.29, 0.717) is 11.5 Å². The average Bonchev–Trinajstić information content (AvgIpc) is 2.44. The summed E-state index contributed by atoms with van der Waals surface area (Å²) in [6, 6.07) is 9.14. The minimum Gasteiger partial charge on any atom is -0.497 e. The molecule has 0 saturated heterocycles. The van der Waals surface area contributed by atoms with Crippen LogP contribution in [0.25, 0.3) is 0 Å². The number of rotatable bonds is 4. The van der Waals surface area contributed by atoms with Crippen molar-refractivity contribution in [1.29, 1.82) is 0 Å². The Kier molecular flexibility index (Phi) is 4.25. The Labute approximate surface area is 119 Å².